The van der Waals surface area contributed by atoms with Gasteiger partial charge in [-0.2, -0.15) is 0 Å². The van der Waals surface area contributed by atoms with E-state index in [1.54, 1.807) is 6.92 Å². The van der Waals surface area contributed by atoms with E-state index in [1.807, 2.05) is 0 Å². The molecule has 7 heteroatoms. The summed E-state index contributed by atoms with van der Waals surface area (Å²) in [6.07, 6.45) is 0.277. The maximum Gasteiger partial charge on any atom is 0.333 e. The van der Waals surface area contributed by atoms with E-state index in [0.29, 0.717) is 5.57 Å². The van der Waals surface area contributed by atoms with Gasteiger partial charge in [-0.3, -0.25) is 13.9 Å². The molecule has 0 fully saturated rings. The molecule has 0 bridgehead atoms. The van der Waals surface area contributed by atoms with Crippen LogP contribution in [0.1, 0.15) is 18.9 Å². The second-order valence-corrected chi connectivity index (χ2v) is 4.29. The molecule has 0 spiro atoms. The van der Waals surface area contributed by atoms with Gasteiger partial charge in [-0.1, -0.05) is 6.92 Å². The summed E-state index contributed by atoms with van der Waals surface area (Å²) in [7, 11) is 2.84. The smallest absolute Gasteiger partial charge is 0.333 e. The highest BCUT2D eigenvalue weighted by Crippen LogP contribution is 2.31. The zero-order valence-corrected chi connectivity index (χ0v) is 10.9. The SMILES string of the molecule is CC/C(C(=O)O)=C1/COc2c1c(=O)n(C)c(=O)n2C. The minimum Gasteiger partial charge on any atom is -0.478 e. The average Bonchev–Trinajstić information content (AvgIpc) is 2.79. The average molecular weight is 266 g/mol. The van der Waals surface area contributed by atoms with Crippen LogP contribution in [0.2, 0.25) is 0 Å². The van der Waals surface area contributed by atoms with Crippen LogP contribution < -0.4 is 16.0 Å². The van der Waals surface area contributed by atoms with E-state index < -0.39 is 17.2 Å². The summed E-state index contributed by atoms with van der Waals surface area (Å²) in [5.74, 6) is -0.944. The summed E-state index contributed by atoms with van der Waals surface area (Å²) in [4.78, 5) is 35.1. The first kappa shape index (κ1) is 13.1. The molecule has 0 radical (unpaired) electrons. The maximum absolute atomic E-state index is 12.1. The van der Waals surface area contributed by atoms with Crippen molar-refractivity contribution < 1.29 is 14.6 Å². The number of aliphatic carboxylic acids is 1. The highest BCUT2D eigenvalue weighted by Gasteiger charge is 2.30. The topological polar surface area (TPSA) is 90.5 Å². The van der Waals surface area contributed by atoms with E-state index in [2.05, 4.69) is 0 Å². The second-order valence-electron chi connectivity index (χ2n) is 4.29. The number of carboxylic acids is 1. The van der Waals surface area contributed by atoms with Crippen molar-refractivity contribution in [2.45, 2.75) is 13.3 Å². The minimum absolute atomic E-state index is 0.00264. The monoisotopic (exact) mass is 266 g/mol. The first-order valence-electron chi connectivity index (χ1n) is 5.78. The molecule has 7 nitrogen and oxygen atoms in total. The lowest BCUT2D eigenvalue weighted by Crippen LogP contribution is -2.38. The Balaban J connectivity index is 2.88. The zero-order valence-electron chi connectivity index (χ0n) is 10.9. The van der Waals surface area contributed by atoms with Crippen LogP contribution in [0.3, 0.4) is 0 Å². The van der Waals surface area contributed by atoms with Gasteiger partial charge in [0.05, 0.1) is 0 Å². The van der Waals surface area contributed by atoms with E-state index in [9.17, 15) is 14.4 Å². The molecule has 1 aromatic rings. The number of hydrogen-bond acceptors (Lipinski definition) is 4. The first-order chi connectivity index (χ1) is 8.90. The van der Waals surface area contributed by atoms with Crippen molar-refractivity contribution in [3.8, 4) is 5.88 Å². The van der Waals surface area contributed by atoms with Crippen LogP contribution in [-0.2, 0) is 18.9 Å². The third-order valence-corrected chi connectivity index (χ3v) is 3.24. The number of ether oxygens (including phenoxy) is 1. The van der Waals surface area contributed by atoms with Gasteiger partial charge in [-0.15, -0.1) is 0 Å². The molecule has 1 N–H and O–H groups in total. The number of rotatable bonds is 2. The van der Waals surface area contributed by atoms with Crippen molar-refractivity contribution in [3.63, 3.8) is 0 Å². The summed E-state index contributed by atoms with van der Waals surface area (Å²) in [5, 5.41) is 9.15. The molecule has 0 saturated carbocycles. The van der Waals surface area contributed by atoms with Crippen LogP contribution in [0, 0.1) is 0 Å². The normalized spacial score (nSPS) is 15.9. The third kappa shape index (κ3) is 1.78. The Bertz CT molecular complexity index is 708. The molecule has 102 valence electrons. The van der Waals surface area contributed by atoms with Gasteiger partial charge in [-0.05, 0) is 6.42 Å². The lowest BCUT2D eigenvalue weighted by atomic mass is 10.0. The van der Waals surface area contributed by atoms with Gasteiger partial charge in [0.1, 0.15) is 12.2 Å². The Hall–Kier alpha value is -2.31. The molecule has 0 aliphatic carbocycles. The number of carboxylic acid groups (broad SMARTS) is 1. The van der Waals surface area contributed by atoms with Gasteiger partial charge >= 0.3 is 11.7 Å². The highest BCUT2D eigenvalue weighted by molar-refractivity contribution is 5.97. The summed E-state index contributed by atoms with van der Waals surface area (Å²) in [6, 6.07) is 0. The molecule has 0 amide bonds. The molecule has 0 aromatic carbocycles. The number of aromatic nitrogens is 2. The maximum atomic E-state index is 12.1. The Morgan fingerprint density at radius 1 is 1.32 bits per heavy atom. The Morgan fingerprint density at radius 2 is 1.95 bits per heavy atom. The van der Waals surface area contributed by atoms with Crippen LogP contribution >= 0.6 is 0 Å². The number of carbonyl (C=O) groups is 1. The van der Waals surface area contributed by atoms with Crippen molar-refractivity contribution in [2.24, 2.45) is 14.1 Å². The highest BCUT2D eigenvalue weighted by atomic mass is 16.5. The van der Waals surface area contributed by atoms with Crippen LogP contribution in [0.5, 0.6) is 5.88 Å². The largest absolute Gasteiger partial charge is 0.478 e. The van der Waals surface area contributed by atoms with E-state index in [1.165, 1.54) is 18.7 Å². The van der Waals surface area contributed by atoms with Gasteiger partial charge in [0.2, 0.25) is 5.88 Å². The Morgan fingerprint density at radius 3 is 2.47 bits per heavy atom. The van der Waals surface area contributed by atoms with E-state index in [-0.39, 0.29) is 30.0 Å². The fraction of sp³-hybridized carbons (Fsp3) is 0.417. The van der Waals surface area contributed by atoms with Gasteiger partial charge in [0, 0.05) is 25.2 Å². The molecular formula is C12H14N2O5. The van der Waals surface area contributed by atoms with Crippen LogP contribution in [0.15, 0.2) is 15.2 Å². The molecular weight excluding hydrogens is 252 g/mol. The van der Waals surface area contributed by atoms with Crippen molar-refractivity contribution in [2.75, 3.05) is 6.61 Å². The molecule has 2 rings (SSSR count). The summed E-state index contributed by atoms with van der Waals surface area (Å²) < 4.78 is 7.47. The van der Waals surface area contributed by atoms with E-state index in [4.69, 9.17) is 9.84 Å². The van der Waals surface area contributed by atoms with Crippen LogP contribution in [0.4, 0.5) is 0 Å². The molecule has 0 atom stereocenters. The Labute approximate surface area is 108 Å². The minimum atomic E-state index is -1.08. The molecule has 19 heavy (non-hydrogen) atoms. The number of nitrogens with zero attached hydrogens (tertiary/aromatic N) is 2. The third-order valence-electron chi connectivity index (χ3n) is 3.24. The lowest BCUT2D eigenvalue weighted by molar-refractivity contribution is -0.132. The fourth-order valence-corrected chi connectivity index (χ4v) is 2.20. The summed E-state index contributed by atoms with van der Waals surface area (Å²) in [5.41, 5.74) is -0.379. The van der Waals surface area contributed by atoms with Crippen LogP contribution in [-0.4, -0.2) is 26.8 Å². The fourth-order valence-electron chi connectivity index (χ4n) is 2.20. The Kier molecular flexibility index (Phi) is 3.05. The quantitative estimate of drug-likeness (QED) is 0.744. The number of hydrogen-bond donors (Lipinski definition) is 1. The standard InChI is InChI=1S/C12H14N2O5/c1-4-6(11(16)17)7-5-19-10-8(7)9(15)13(2)12(18)14(10)3/h4-5H2,1-3H3,(H,16,17)/b7-6+. The second kappa shape index (κ2) is 4.42. The van der Waals surface area contributed by atoms with Crippen molar-refractivity contribution in [1.29, 1.82) is 0 Å². The molecule has 1 aromatic heterocycles. The molecule has 1 aliphatic rings. The van der Waals surface area contributed by atoms with Gasteiger partial charge in [-0.25, -0.2) is 9.59 Å². The van der Waals surface area contributed by atoms with Crippen LogP contribution in [0.25, 0.3) is 5.57 Å². The summed E-state index contributed by atoms with van der Waals surface area (Å²) >= 11 is 0. The summed E-state index contributed by atoms with van der Waals surface area (Å²) in [6.45, 7) is 1.69. The predicted molar refractivity (Wildman–Crippen MR) is 67.3 cm³/mol. The van der Waals surface area contributed by atoms with Gasteiger partial charge in [0.15, 0.2) is 0 Å². The van der Waals surface area contributed by atoms with Crippen molar-refractivity contribution in [1.82, 2.24) is 9.13 Å². The van der Waals surface area contributed by atoms with E-state index >= 15 is 0 Å². The van der Waals surface area contributed by atoms with Gasteiger partial charge in [0.25, 0.3) is 5.56 Å². The van der Waals surface area contributed by atoms with Crippen molar-refractivity contribution >= 4 is 11.5 Å². The molecule has 1 aliphatic heterocycles. The van der Waals surface area contributed by atoms with Gasteiger partial charge < -0.3 is 9.84 Å². The van der Waals surface area contributed by atoms with Crippen molar-refractivity contribution in [3.05, 3.63) is 32.0 Å². The molecule has 0 unspecified atom stereocenters. The first-order valence-corrected chi connectivity index (χ1v) is 5.78. The molecule has 2 heterocycles. The van der Waals surface area contributed by atoms with E-state index in [0.717, 1.165) is 4.57 Å². The molecule has 0 saturated heterocycles. The lowest BCUT2D eigenvalue weighted by Gasteiger charge is -2.07. The predicted octanol–water partition coefficient (Wildman–Crippen LogP) is -0.275. The number of fused-ring (bicyclic) bond motifs is 1. The zero-order chi connectivity index (χ0) is 14.3.